The summed E-state index contributed by atoms with van der Waals surface area (Å²) in [5.74, 6) is -0.534. The number of rotatable bonds is 7. The summed E-state index contributed by atoms with van der Waals surface area (Å²) >= 11 is 7.49. The maximum Gasteiger partial charge on any atom is 0.268 e. The van der Waals surface area contributed by atoms with Gasteiger partial charge in [0.25, 0.3) is 5.91 Å². The molecule has 0 unspecified atom stereocenters. The minimum Gasteiger partial charge on any atom is -0.297 e. The first kappa shape index (κ1) is 26.2. The van der Waals surface area contributed by atoms with Crippen LogP contribution in [0.25, 0.3) is 33.8 Å². The number of hydrogen-bond donors (Lipinski definition) is 1. The number of thiazole rings is 1. The van der Waals surface area contributed by atoms with Crippen LogP contribution in [0.5, 0.6) is 0 Å². The van der Waals surface area contributed by atoms with Crippen LogP contribution in [0.2, 0.25) is 5.02 Å². The molecular weight excluding hydrogens is 550 g/mol. The highest BCUT2D eigenvalue weighted by atomic mass is 35.5. The summed E-state index contributed by atoms with van der Waals surface area (Å²) in [4.78, 5) is 18.6. The number of hydrogen-bond acceptors (Lipinski definition) is 5. The van der Waals surface area contributed by atoms with Gasteiger partial charge < -0.3 is 0 Å². The van der Waals surface area contributed by atoms with E-state index < -0.39 is 5.91 Å². The maximum absolute atomic E-state index is 13.2. The number of carbonyl (C=O) groups excluding carboxylic acids is 1. The number of amides is 1. The summed E-state index contributed by atoms with van der Waals surface area (Å²) in [5, 5.41) is 20.9. The Bertz CT molecular complexity index is 1930. The van der Waals surface area contributed by atoms with Crippen LogP contribution in [0.3, 0.4) is 0 Å². The molecule has 0 saturated heterocycles. The number of nitriles is 1. The van der Waals surface area contributed by atoms with Crippen LogP contribution < -0.4 is 5.32 Å². The number of anilines is 1. The molecule has 41 heavy (non-hydrogen) atoms. The largest absolute Gasteiger partial charge is 0.297 e. The van der Waals surface area contributed by atoms with Gasteiger partial charge in [-0.3, -0.25) is 10.1 Å². The normalized spacial score (nSPS) is 11.4. The molecule has 2 heterocycles. The van der Waals surface area contributed by atoms with E-state index in [0.29, 0.717) is 27.8 Å². The first-order chi connectivity index (χ1) is 20.1. The van der Waals surface area contributed by atoms with Crippen LogP contribution in [-0.4, -0.2) is 20.7 Å². The molecule has 0 radical (unpaired) electrons. The van der Waals surface area contributed by atoms with E-state index in [4.69, 9.17) is 16.7 Å². The zero-order valence-electron chi connectivity index (χ0n) is 21.7. The predicted octanol–water partition coefficient (Wildman–Crippen LogP) is 7.94. The number of nitrogens with zero attached hydrogens (tertiary/aromatic N) is 4. The quantitative estimate of drug-likeness (QED) is 0.156. The molecule has 0 aliphatic carbocycles. The van der Waals surface area contributed by atoms with Crippen LogP contribution in [0.1, 0.15) is 16.0 Å². The molecule has 0 saturated carbocycles. The maximum atomic E-state index is 13.2. The third-order valence-electron chi connectivity index (χ3n) is 6.56. The fourth-order valence-electron chi connectivity index (χ4n) is 4.59. The Kier molecular flexibility index (Phi) is 7.42. The first-order valence-corrected chi connectivity index (χ1v) is 14.0. The average Bonchev–Trinajstić information content (AvgIpc) is 3.63. The lowest BCUT2D eigenvalue weighted by Gasteiger charge is -2.04. The van der Waals surface area contributed by atoms with Crippen LogP contribution >= 0.6 is 22.9 Å². The molecule has 4 aromatic carbocycles. The Morgan fingerprint density at radius 2 is 1.73 bits per heavy atom. The van der Waals surface area contributed by atoms with Gasteiger partial charge in [0, 0.05) is 39.8 Å². The zero-order chi connectivity index (χ0) is 28.2. The number of para-hydroxylation sites is 1. The molecule has 1 N–H and O–H groups in total. The van der Waals surface area contributed by atoms with Gasteiger partial charge in [0.15, 0.2) is 5.13 Å². The van der Waals surface area contributed by atoms with E-state index in [1.807, 2.05) is 66.7 Å². The van der Waals surface area contributed by atoms with E-state index in [1.54, 1.807) is 35.3 Å². The molecule has 0 atom stereocenters. The van der Waals surface area contributed by atoms with Crippen molar-refractivity contribution in [2.24, 2.45) is 0 Å². The Balaban J connectivity index is 1.26. The van der Waals surface area contributed by atoms with Gasteiger partial charge in [-0.15, -0.1) is 11.3 Å². The van der Waals surface area contributed by atoms with Crippen molar-refractivity contribution < 1.29 is 4.79 Å². The lowest BCUT2D eigenvalue weighted by molar-refractivity contribution is -0.112. The lowest BCUT2D eigenvalue weighted by atomic mass is 10.0. The van der Waals surface area contributed by atoms with Gasteiger partial charge in [0.1, 0.15) is 11.6 Å². The molecule has 2 aromatic heterocycles. The molecule has 0 spiro atoms. The van der Waals surface area contributed by atoms with Gasteiger partial charge in [-0.05, 0) is 46.7 Å². The van der Waals surface area contributed by atoms with Gasteiger partial charge in [0.2, 0.25) is 0 Å². The van der Waals surface area contributed by atoms with Crippen LogP contribution in [0.4, 0.5) is 5.13 Å². The van der Waals surface area contributed by atoms with E-state index in [9.17, 15) is 10.1 Å². The fourth-order valence-corrected chi connectivity index (χ4v) is 5.54. The second-order valence-electron chi connectivity index (χ2n) is 9.29. The molecule has 6 nitrogen and oxygen atoms in total. The number of halogens is 1. The van der Waals surface area contributed by atoms with Gasteiger partial charge in [-0.1, -0.05) is 84.4 Å². The molecule has 6 rings (SSSR count). The lowest BCUT2D eigenvalue weighted by Crippen LogP contribution is -2.13. The molecule has 0 aliphatic rings. The van der Waals surface area contributed by atoms with Crippen molar-refractivity contribution in [3.05, 3.63) is 136 Å². The number of benzene rings is 4. The summed E-state index contributed by atoms with van der Waals surface area (Å²) in [6, 6.07) is 33.4. The smallest absolute Gasteiger partial charge is 0.268 e. The van der Waals surface area contributed by atoms with Gasteiger partial charge in [0.05, 0.1) is 11.4 Å². The predicted molar refractivity (Wildman–Crippen MR) is 165 cm³/mol. The third-order valence-corrected chi connectivity index (χ3v) is 7.73. The Hall–Kier alpha value is -5.03. The van der Waals surface area contributed by atoms with Crippen LogP contribution in [-0.2, 0) is 11.2 Å². The molecule has 198 valence electrons. The first-order valence-electron chi connectivity index (χ1n) is 12.8. The third kappa shape index (κ3) is 5.80. The van der Waals surface area contributed by atoms with E-state index >= 15 is 0 Å². The second kappa shape index (κ2) is 11.6. The summed E-state index contributed by atoms with van der Waals surface area (Å²) in [7, 11) is 0. The summed E-state index contributed by atoms with van der Waals surface area (Å²) in [6.45, 7) is 0. The molecule has 6 aromatic rings. The topological polar surface area (TPSA) is 83.6 Å². The summed E-state index contributed by atoms with van der Waals surface area (Å²) in [5.41, 5.74) is 4.04. The highest BCUT2D eigenvalue weighted by molar-refractivity contribution is 7.15. The molecular formula is C33H22ClN5OS. The Labute approximate surface area is 245 Å². The van der Waals surface area contributed by atoms with Gasteiger partial charge in [-0.2, -0.15) is 10.4 Å². The molecule has 0 fully saturated rings. The van der Waals surface area contributed by atoms with Gasteiger partial charge in [-0.25, -0.2) is 9.67 Å². The van der Waals surface area contributed by atoms with Crippen molar-refractivity contribution in [2.75, 3.05) is 5.32 Å². The minimum absolute atomic E-state index is 0.0568. The summed E-state index contributed by atoms with van der Waals surface area (Å²) < 4.78 is 1.73. The number of nitrogens with one attached hydrogen (secondary N) is 1. The highest BCUT2D eigenvalue weighted by Crippen LogP contribution is 2.29. The van der Waals surface area contributed by atoms with Crippen LogP contribution in [0.15, 0.2) is 115 Å². The SMILES string of the molecule is N#C/C(=C\c1cn(-c2ccccc2)nc1-c1ccc(Cl)cc1)C(=O)Nc1ncc(Cc2cccc3ccccc23)s1. The number of fused-ring (bicyclic) bond motifs is 1. The van der Waals surface area contributed by atoms with Crippen molar-refractivity contribution in [3.8, 4) is 23.0 Å². The Morgan fingerprint density at radius 1 is 0.976 bits per heavy atom. The molecule has 0 aliphatic heterocycles. The highest BCUT2D eigenvalue weighted by Gasteiger charge is 2.17. The van der Waals surface area contributed by atoms with Gasteiger partial charge >= 0.3 is 0 Å². The van der Waals surface area contributed by atoms with Crippen molar-refractivity contribution in [3.63, 3.8) is 0 Å². The van der Waals surface area contributed by atoms with Crippen LogP contribution in [0, 0.1) is 11.3 Å². The van der Waals surface area contributed by atoms with E-state index in [-0.39, 0.29) is 5.57 Å². The van der Waals surface area contributed by atoms with Crippen molar-refractivity contribution in [1.29, 1.82) is 5.26 Å². The van der Waals surface area contributed by atoms with Crippen molar-refractivity contribution >= 4 is 50.8 Å². The van der Waals surface area contributed by atoms with Crippen molar-refractivity contribution in [1.82, 2.24) is 14.8 Å². The monoisotopic (exact) mass is 571 g/mol. The zero-order valence-corrected chi connectivity index (χ0v) is 23.2. The summed E-state index contributed by atoms with van der Waals surface area (Å²) in [6.07, 6.45) is 5.81. The van der Waals surface area contributed by atoms with E-state index in [1.165, 1.54) is 27.7 Å². The number of aromatic nitrogens is 3. The fraction of sp³-hybridized carbons (Fsp3) is 0.0303. The van der Waals surface area contributed by atoms with E-state index in [0.717, 1.165) is 16.1 Å². The Morgan fingerprint density at radius 3 is 2.54 bits per heavy atom. The second-order valence-corrected chi connectivity index (χ2v) is 10.8. The molecule has 0 bridgehead atoms. The standard InChI is InChI=1S/C33H22ClN5OS/c34-27-15-13-23(14-16-27)31-26(21-39(38-31)28-10-2-1-3-11-28)17-25(19-35)32(40)37-33-36-20-29(41-33)18-24-9-6-8-22-7-4-5-12-30(22)24/h1-17,20-21H,18H2,(H,36,37,40)/b25-17+. The molecule has 1 amide bonds. The molecule has 8 heteroatoms. The van der Waals surface area contributed by atoms with Crippen molar-refractivity contribution in [2.45, 2.75) is 6.42 Å². The average molecular weight is 572 g/mol. The minimum atomic E-state index is -0.534. The van der Waals surface area contributed by atoms with E-state index in [2.05, 4.69) is 34.6 Å². The number of carbonyl (C=O) groups is 1.